The van der Waals surface area contributed by atoms with Gasteiger partial charge in [-0.1, -0.05) is 23.7 Å². The molecule has 1 N–H and O–H groups in total. The second-order valence-corrected chi connectivity index (χ2v) is 5.14. The Labute approximate surface area is 112 Å². The van der Waals surface area contributed by atoms with E-state index >= 15 is 0 Å². The molecule has 0 bridgehead atoms. The van der Waals surface area contributed by atoms with Gasteiger partial charge in [0.25, 0.3) is 0 Å². The van der Waals surface area contributed by atoms with Crippen LogP contribution in [0.2, 0.25) is 5.02 Å². The second-order valence-electron chi connectivity index (χ2n) is 4.74. The molecule has 1 aromatic carbocycles. The van der Waals surface area contributed by atoms with E-state index in [1.54, 1.807) is 0 Å². The van der Waals surface area contributed by atoms with E-state index in [4.69, 9.17) is 11.6 Å². The maximum Gasteiger partial charge on any atom is 0.0891 e. The van der Waals surface area contributed by atoms with E-state index in [0.29, 0.717) is 6.04 Å². The van der Waals surface area contributed by atoms with Crippen LogP contribution in [0, 0.1) is 0 Å². The summed E-state index contributed by atoms with van der Waals surface area (Å²) < 4.78 is 0. The average Bonchev–Trinajstić information content (AvgIpc) is 2.40. The first-order chi connectivity index (χ1) is 8.77. The number of hydrogen-bond donors (Lipinski definition) is 1. The zero-order chi connectivity index (χ0) is 12.5. The van der Waals surface area contributed by atoms with Gasteiger partial charge in [0, 0.05) is 37.3 Å². The van der Waals surface area contributed by atoms with E-state index < -0.39 is 0 Å². The molecule has 1 aliphatic heterocycles. The molecule has 0 amide bonds. The molecule has 18 heavy (non-hydrogen) atoms. The number of rotatable bonds is 1. The number of likely N-dealkylation sites (N-methyl/N-ethyl adjacent to an activating group) is 1. The lowest BCUT2D eigenvalue weighted by Gasteiger charge is -2.34. The minimum atomic E-state index is 0.391. The smallest absolute Gasteiger partial charge is 0.0891 e. The molecule has 0 saturated carbocycles. The predicted octanol–water partition coefficient (Wildman–Crippen LogP) is 2.46. The molecule has 3 nitrogen and oxygen atoms in total. The number of piperazine rings is 1. The molecule has 2 aromatic rings. The molecule has 0 radical (unpaired) electrons. The van der Waals surface area contributed by atoms with Crippen molar-refractivity contribution in [3.05, 3.63) is 41.0 Å². The Morgan fingerprint density at radius 2 is 2.28 bits per heavy atom. The third-order valence-electron chi connectivity index (χ3n) is 3.63. The number of nitrogens with zero attached hydrogens (tertiary/aromatic N) is 2. The van der Waals surface area contributed by atoms with Crippen molar-refractivity contribution in [3.8, 4) is 0 Å². The van der Waals surface area contributed by atoms with Crippen LogP contribution in [0.3, 0.4) is 0 Å². The standard InChI is InChI=1S/C14H16ClN3/c1-18-8-7-16-9-13(18)10-5-6-17-14-11(10)3-2-4-12(14)15/h2-6,13,16H,7-9H2,1H3. The van der Waals surface area contributed by atoms with Gasteiger partial charge in [-0.3, -0.25) is 9.88 Å². The topological polar surface area (TPSA) is 28.2 Å². The van der Waals surface area contributed by atoms with Crippen molar-refractivity contribution in [1.29, 1.82) is 0 Å². The maximum absolute atomic E-state index is 6.21. The van der Waals surface area contributed by atoms with Gasteiger partial charge in [0.2, 0.25) is 0 Å². The predicted molar refractivity (Wildman–Crippen MR) is 75.0 cm³/mol. The number of para-hydroxylation sites is 1. The molecule has 4 heteroatoms. The second kappa shape index (κ2) is 4.84. The van der Waals surface area contributed by atoms with Gasteiger partial charge in [0.05, 0.1) is 10.5 Å². The van der Waals surface area contributed by atoms with E-state index in [2.05, 4.69) is 34.4 Å². The summed E-state index contributed by atoms with van der Waals surface area (Å²) in [5, 5.41) is 5.33. The molecular formula is C14H16ClN3. The number of pyridine rings is 1. The summed E-state index contributed by atoms with van der Waals surface area (Å²) in [5.41, 5.74) is 2.20. The molecule has 1 saturated heterocycles. The summed E-state index contributed by atoms with van der Waals surface area (Å²) in [4.78, 5) is 6.77. The Morgan fingerprint density at radius 1 is 1.39 bits per heavy atom. The average molecular weight is 262 g/mol. The largest absolute Gasteiger partial charge is 0.314 e. The molecule has 1 unspecified atom stereocenters. The van der Waals surface area contributed by atoms with Crippen LogP contribution in [0.15, 0.2) is 30.5 Å². The molecular weight excluding hydrogens is 246 g/mol. The van der Waals surface area contributed by atoms with Crippen molar-refractivity contribution in [2.24, 2.45) is 0 Å². The van der Waals surface area contributed by atoms with Gasteiger partial charge in [-0.05, 0) is 24.7 Å². The summed E-state index contributed by atoms with van der Waals surface area (Å²) in [5.74, 6) is 0. The highest BCUT2D eigenvalue weighted by molar-refractivity contribution is 6.35. The Morgan fingerprint density at radius 3 is 3.11 bits per heavy atom. The Kier molecular flexibility index (Phi) is 3.20. The van der Waals surface area contributed by atoms with Crippen LogP contribution >= 0.6 is 11.6 Å². The van der Waals surface area contributed by atoms with Crippen molar-refractivity contribution in [2.75, 3.05) is 26.7 Å². The van der Waals surface area contributed by atoms with Crippen LogP contribution in [0.1, 0.15) is 11.6 Å². The van der Waals surface area contributed by atoms with E-state index in [0.717, 1.165) is 35.6 Å². The first kappa shape index (κ1) is 11.9. The molecule has 1 atom stereocenters. The number of benzene rings is 1. The van der Waals surface area contributed by atoms with E-state index in [1.807, 2.05) is 18.3 Å². The van der Waals surface area contributed by atoms with Crippen LogP contribution in [-0.2, 0) is 0 Å². The molecule has 3 rings (SSSR count). The van der Waals surface area contributed by atoms with Gasteiger partial charge >= 0.3 is 0 Å². The van der Waals surface area contributed by atoms with Crippen molar-refractivity contribution in [1.82, 2.24) is 15.2 Å². The number of hydrogen-bond acceptors (Lipinski definition) is 3. The zero-order valence-electron chi connectivity index (χ0n) is 10.4. The zero-order valence-corrected chi connectivity index (χ0v) is 11.1. The summed E-state index contributed by atoms with van der Waals surface area (Å²) in [6.07, 6.45) is 1.85. The van der Waals surface area contributed by atoms with E-state index in [1.165, 1.54) is 5.56 Å². The summed E-state index contributed by atoms with van der Waals surface area (Å²) in [7, 11) is 2.17. The molecule has 1 aromatic heterocycles. The summed E-state index contributed by atoms with van der Waals surface area (Å²) in [6, 6.07) is 8.48. The van der Waals surface area contributed by atoms with Crippen LogP contribution in [0.5, 0.6) is 0 Å². The Bertz CT molecular complexity index is 570. The van der Waals surface area contributed by atoms with Gasteiger partial charge in [-0.2, -0.15) is 0 Å². The number of halogens is 1. The van der Waals surface area contributed by atoms with Gasteiger partial charge < -0.3 is 5.32 Å². The fourth-order valence-corrected chi connectivity index (χ4v) is 2.83. The van der Waals surface area contributed by atoms with Crippen LogP contribution in [-0.4, -0.2) is 36.6 Å². The maximum atomic E-state index is 6.21. The number of aromatic nitrogens is 1. The van der Waals surface area contributed by atoms with Crippen molar-refractivity contribution < 1.29 is 0 Å². The lowest BCUT2D eigenvalue weighted by molar-refractivity contribution is 0.203. The molecule has 94 valence electrons. The summed E-state index contributed by atoms with van der Waals surface area (Å²) in [6.45, 7) is 3.09. The fraction of sp³-hybridized carbons (Fsp3) is 0.357. The third kappa shape index (κ3) is 1.99. The molecule has 1 fully saturated rings. The van der Waals surface area contributed by atoms with Gasteiger partial charge in [0.15, 0.2) is 0 Å². The number of fused-ring (bicyclic) bond motifs is 1. The van der Waals surface area contributed by atoms with Gasteiger partial charge in [0.1, 0.15) is 0 Å². The first-order valence-electron chi connectivity index (χ1n) is 6.21. The van der Waals surface area contributed by atoms with E-state index in [9.17, 15) is 0 Å². The van der Waals surface area contributed by atoms with Crippen LogP contribution in [0.4, 0.5) is 0 Å². The highest BCUT2D eigenvalue weighted by Crippen LogP contribution is 2.30. The van der Waals surface area contributed by atoms with E-state index in [-0.39, 0.29) is 0 Å². The van der Waals surface area contributed by atoms with Crippen LogP contribution < -0.4 is 5.32 Å². The Hall–Kier alpha value is -1.16. The SMILES string of the molecule is CN1CCNCC1c1ccnc2c(Cl)cccc12. The molecule has 0 spiro atoms. The first-order valence-corrected chi connectivity index (χ1v) is 6.59. The van der Waals surface area contributed by atoms with Gasteiger partial charge in [-0.25, -0.2) is 0 Å². The van der Waals surface area contributed by atoms with Crippen molar-refractivity contribution in [2.45, 2.75) is 6.04 Å². The monoisotopic (exact) mass is 261 g/mol. The normalized spacial score (nSPS) is 21.3. The molecule has 1 aliphatic rings. The van der Waals surface area contributed by atoms with Crippen LogP contribution in [0.25, 0.3) is 10.9 Å². The quantitative estimate of drug-likeness (QED) is 0.855. The highest BCUT2D eigenvalue weighted by Gasteiger charge is 2.22. The van der Waals surface area contributed by atoms with Gasteiger partial charge in [-0.15, -0.1) is 0 Å². The summed E-state index contributed by atoms with van der Waals surface area (Å²) >= 11 is 6.21. The third-order valence-corrected chi connectivity index (χ3v) is 3.93. The molecule has 2 heterocycles. The van der Waals surface area contributed by atoms with Crippen molar-refractivity contribution >= 4 is 22.5 Å². The lowest BCUT2D eigenvalue weighted by Crippen LogP contribution is -2.43. The highest BCUT2D eigenvalue weighted by atomic mass is 35.5. The minimum absolute atomic E-state index is 0.391. The number of nitrogens with one attached hydrogen (secondary N) is 1. The van der Waals surface area contributed by atoms with Crippen molar-refractivity contribution in [3.63, 3.8) is 0 Å². The molecule has 0 aliphatic carbocycles. The lowest BCUT2D eigenvalue weighted by atomic mass is 10.00. The minimum Gasteiger partial charge on any atom is -0.314 e. The Balaban J connectivity index is 2.14. The fourth-order valence-electron chi connectivity index (χ4n) is 2.61.